The van der Waals surface area contributed by atoms with Crippen molar-refractivity contribution in [3.63, 3.8) is 0 Å². The molecule has 7 nitrogen and oxygen atoms in total. The Hall–Kier alpha value is -2.02. The number of ether oxygens (including phenoxy) is 1. The molecule has 0 amide bonds. The fourth-order valence-corrected chi connectivity index (χ4v) is 2.36. The average molecular weight is 273 g/mol. The van der Waals surface area contributed by atoms with Crippen molar-refractivity contribution < 1.29 is 9.26 Å². The molecule has 1 saturated heterocycles. The number of rotatable bonds is 3. The topological polar surface area (TPSA) is 77.2 Å². The molecule has 0 radical (unpaired) electrons. The maximum absolute atomic E-state index is 5.75. The fraction of sp³-hybridized carbons (Fsp3) is 0.538. The molecule has 1 unspecified atom stereocenters. The monoisotopic (exact) mass is 273 g/mol. The molecular weight excluding hydrogens is 258 g/mol. The van der Waals surface area contributed by atoms with Crippen molar-refractivity contribution in [3.05, 3.63) is 30.3 Å². The van der Waals surface area contributed by atoms with Crippen LogP contribution in [0.3, 0.4) is 0 Å². The summed E-state index contributed by atoms with van der Waals surface area (Å²) in [5, 5.41) is 4.04. The summed E-state index contributed by atoms with van der Waals surface area (Å²) in [7, 11) is 0. The van der Waals surface area contributed by atoms with Gasteiger partial charge in [0, 0.05) is 18.7 Å². The molecule has 0 spiro atoms. The molecule has 20 heavy (non-hydrogen) atoms. The Kier molecular flexibility index (Phi) is 2.84. The van der Waals surface area contributed by atoms with Crippen LogP contribution < -0.4 is 4.90 Å². The standard InChI is InChI=1S/C13H15N5O2/c1-2-9(1)12-16-13(20-17-12)10-7-18(5-6-19-10)11-3-4-14-8-15-11/h3-4,8-10H,1-2,5-7H2. The normalized spacial score (nSPS) is 23.0. The number of nitrogens with zero attached hydrogens (tertiary/aromatic N) is 5. The van der Waals surface area contributed by atoms with Gasteiger partial charge in [-0.15, -0.1) is 0 Å². The lowest BCUT2D eigenvalue weighted by atomic mass is 10.2. The van der Waals surface area contributed by atoms with Crippen LogP contribution in [0.4, 0.5) is 5.82 Å². The van der Waals surface area contributed by atoms with Crippen molar-refractivity contribution in [2.75, 3.05) is 24.6 Å². The molecule has 2 aromatic heterocycles. The molecule has 1 aliphatic heterocycles. The van der Waals surface area contributed by atoms with Crippen LogP contribution in [0, 0.1) is 0 Å². The van der Waals surface area contributed by atoms with E-state index in [0.29, 0.717) is 25.0 Å². The van der Waals surface area contributed by atoms with Crippen LogP contribution in [0.2, 0.25) is 0 Å². The SMILES string of the molecule is c1cc(N2CCOC(c3nc(C4CC4)no3)C2)ncn1. The Balaban J connectivity index is 1.50. The first kappa shape index (κ1) is 11.8. The van der Waals surface area contributed by atoms with Crippen LogP contribution in [0.15, 0.2) is 23.1 Å². The van der Waals surface area contributed by atoms with Crippen LogP contribution in [-0.4, -0.2) is 39.8 Å². The number of anilines is 1. The van der Waals surface area contributed by atoms with Gasteiger partial charge in [0.25, 0.3) is 5.89 Å². The summed E-state index contributed by atoms with van der Waals surface area (Å²) in [6.45, 7) is 2.09. The van der Waals surface area contributed by atoms with Crippen molar-refractivity contribution in [2.45, 2.75) is 24.9 Å². The summed E-state index contributed by atoms with van der Waals surface area (Å²) in [6.07, 6.45) is 5.44. The van der Waals surface area contributed by atoms with Gasteiger partial charge in [0.1, 0.15) is 12.1 Å². The van der Waals surface area contributed by atoms with Crippen molar-refractivity contribution in [1.82, 2.24) is 20.1 Å². The number of hydrogen-bond acceptors (Lipinski definition) is 7. The van der Waals surface area contributed by atoms with Gasteiger partial charge in [0.2, 0.25) is 0 Å². The number of morpholine rings is 1. The summed E-state index contributed by atoms with van der Waals surface area (Å²) >= 11 is 0. The van der Waals surface area contributed by atoms with E-state index in [9.17, 15) is 0 Å². The first-order valence-corrected chi connectivity index (χ1v) is 6.86. The Bertz CT molecular complexity index is 583. The zero-order chi connectivity index (χ0) is 13.4. The number of aromatic nitrogens is 4. The van der Waals surface area contributed by atoms with E-state index in [1.54, 1.807) is 12.5 Å². The van der Waals surface area contributed by atoms with E-state index in [2.05, 4.69) is 25.0 Å². The molecule has 0 aromatic carbocycles. The average Bonchev–Trinajstić information content (AvgIpc) is 3.26. The highest BCUT2D eigenvalue weighted by Gasteiger charge is 2.32. The predicted molar refractivity (Wildman–Crippen MR) is 69.2 cm³/mol. The van der Waals surface area contributed by atoms with E-state index in [4.69, 9.17) is 9.26 Å². The van der Waals surface area contributed by atoms with Crippen LogP contribution in [0.1, 0.15) is 36.6 Å². The highest BCUT2D eigenvalue weighted by Crippen LogP contribution is 2.38. The van der Waals surface area contributed by atoms with Gasteiger partial charge in [-0.05, 0) is 18.9 Å². The summed E-state index contributed by atoms with van der Waals surface area (Å²) in [5.41, 5.74) is 0. The van der Waals surface area contributed by atoms with Gasteiger partial charge < -0.3 is 14.2 Å². The molecule has 0 N–H and O–H groups in total. The summed E-state index contributed by atoms with van der Waals surface area (Å²) in [6, 6.07) is 1.89. The minimum Gasteiger partial charge on any atom is -0.365 e. The highest BCUT2D eigenvalue weighted by molar-refractivity contribution is 5.37. The Labute approximate surface area is 116 Å². The van der Waals surface area contributed by atoms with Crippen LogP contribution in [-0.2, 0) is 4.74 Å². The molecule has 2 fully saturated rings. The maximum Gasteiger partial charge on any atom is 0.257 e. The molecule has 0 bridgehead atoms. The molecule has 1 aliphatic carbocycles. The van der Waals surface area contributed by atoms with Gasteiger partial charge in [-0.3, -0.25) is 0 Å². The van der Waals surface area contributed by atoms with Crippen molar-refractivity contribution in [2.24, 2.45) is 0 Å². The van der Waals surface area contributed by atoms with Gasteiger partial charge in [-0.25, -0.2) is 9.97 Å². The first-order valence-electron chi connectivity index (χ1n) is 6.86. The largest absolute Gasteiger partial charge is 0.365 e. The fourth-order valence-electron chi connectivity index (χ4n) is 2.36. The molecule has 1 atom stereocenters. The molecule has 4 rings (SSSR count). The van der Waals surface area contributed by atoms with E-state index >= 15 is 0 Å². The second-order valence-electron chi connectivity index (χ2n) is 5.14. The zero-order valence-corrected chi connectivity index (χ0v) is 11.0. The van der Waals surface area contributed by atoms with E-state index in [1.165, 1.54) is 0 Å². The predicted octanol–water partition coefficient (Wildman–Crippen LogP) is 1.31. The van der Waals surface area contributed by atoms with Gasteiger partial charge in [0.15, 0.2) is 11.9 Å². The smallest absolute Gasteiger partial charge is 0.257 e. The number of hydrogen-bond donors (Lipinski definition) is 0. The van der Waals surface area contributed by atoms with E-state index in [1.807, 2.05) is 6.07 Å². The van der Waals surface area contributed by atoms with Crippen molar-refractivity contribution in [1.29, 1.82) is 0 Å². The molecule has 1 saturated carbocycles. The van der Waals surface area contributed by atoms with Crippen LogP contribution >= 0.6 is 0 Å². The van der Waals surface area contributed by atoms with Crippen LogP contribution in [0.25, 0.3) is 0 Å². The van der Waals surface area contributed by atoms with Crippen molar-refractivity contribution in [3.8, 4) is 0 Å². The third-order valence-corrected chi connectivity index (χ3v) is 3.63. The second kappa shape index (κ2) is 4.82. The Morgan fingerprint density at radius 1 is 1.30 bits per heavy atom. The third kappa shape index (κ3) is 2.24. The van der Waals surface area contributed by atoms with E-state index < -0.39 is 0 Å². The summed E-state index contributed by atoms with van der Waals surface area (Å²) < 4.78 is 11.1. The highest BCUT2D eigenvalue weighted by atomic mass is 16.5. The molecule has 7 heteroatoms. The van der Waals surface area contributed by atoms with Crippen molar-refractivity contribution >= 4 is 5.82 Å². The second-order valence-corrected chi connectivity index (χ2v) is 5.14. The maximum atomic E-state index is 5.75. The Morgan fingerprint density at radius 3 is 3.05 bits per heavy atom. The lowest BCUT2D eigenvalue weighted by Crippen LogP contribution is -2.39. The molecule has 104 valence electrons. The van der Waals surface area contributed by atoms with Gasteiger partial charge in [-0.2, -0.15) is 4.98 Å². The van der Waals surface area contributed by atoms with Gasteiger partial charge in [0.05, 0.1) is 13.2 Å². The molecule has 2 aromatic rings. The molecule has 3 heterocycles. The van der Waals surface area contributed by atoms with E-state index in [-0.39, 0.29) is 6.10 Å². The first-order chi connectivity index (χ1) is 9.90. The summed E-state index contributed by atoms with van der Waals surface area (Å²) in [5.74, 6) is 2.79. The van der Waals surface area contributed by atoms with Crippen LogP contribution in [0.5, 0.6) is 0 Å². The summed E-state index contributed by atoms with van der Waals surface area (Å²) in [4.78, 5) is 14.8. The lowest BCUT2D eigenvalue weighted by molar-refractivity contribution is 0.0184. The van der Waals surface area contributed by atoms with Gasteiger partial charge in [-0.1, -0.05) is 5.16 Å². The quantitative estimate of drug-likeness (QED) is 0.834. The van der Waals surface area contributed by atoms with Gasteiger partial charge >= 0.3 is 0 Å². The Morgan fingerprint density at radius 2 is 2.25 bits per heavy atom. The third-order valence-electron chi connectivity index (χ3n) is 3.63. The minimum absolute atomic E-state index is 0.182. The molecule has 2 aliphatic rings. The zero-order valence-electron chi connectivity index (χ0n) is 11.0. The molecular formula is C13H15N5O2. The lowest BCUT2D eigenvalue weighted by Gasteiger charge is -2.31. The van der Waals surface area contributed by atoms with E-state index in [0.717, 1.165) is 31.0 Å². The minimum atomic E-state index is -0.182.